The maximum Gasteiger partial charge on any atom is 0.218 e. The van der Waals surface area contributed by atoms with Gasteiger partial charge in [0.15, 0.2) is 0 Å². The van der Waals surface area contributed by atoms with Gasteiger partial charge in [-0.05, 0) is 37.0 Å². The summed E-state index contributed by atoms with van der Waals surface area (Å²) in [5.74, 6) is -0.0882. The summed E-state index contributed by atoms with van der Waals surface area (Å²) in [5.41, 5.74) is 0.611. The molecule has 1 aliphatic heterocycles. The van der Waals surface area contributed by atoms with E-state index in [1.165, 1.54) is 4.31 Å². The Bertz CT molecular complexity index is 589. The van der Waals surface area contributed by atoms with Crippen molar-refractivity contribution < 1.29 is 13.5 Å². The van der Waals surface area contributed by atoms with Gasteiger partial charge in [0.25, 0.3) is 0 Å². The van der Waals surface area contributed by atoms with Gasteiger partial charge in [0.05, 0.1) is 21.9 Å². The number of rotatable bonds is 4. The zero-order valence-electron chi connectivity index (χ0n) is 11.1. The molecular formula is C13H17Cl2NO3S. The number of halogens is 2. The van der Waals surface area contributed by atoms with E-state index in [1.54, 1.807) is 25.1 Å². The smallest absolute Gasteiger partial charge is 0.218 e. The second-order valence-electron chi connectivity index (χ2n) is 5.15. The second kappa shape index (κ2) is 6.20. The Balaban J connectivity index is 2.10. The van der Waals surface area contributed by atoms with Crippen molar-refractivity contribution in [3.05, 3.63) is 33.8 Å². The number of benzene rings is 1. The first-order chi connectivity index (χ1) is 9.29. The first kappa shape index (κ1) is 16.0. The lowest BCUT2D eigenvalue weighted by Crippen LogP contribution is -2.31. The van der Waals surface area contributed by atoms with Gasteiger partial charge in [-0.3, -0.25) is 0 Å². The van der Waals surface area contributed by atoms with E-state index >= 15 is 0 Å². The lowest BCUT2D eigenvalue weighted by atomic mass is 10.0. The molecule has 4 nitrogen and oxygen atoms in total. The van der Waals surface area contributed by atoms with Crippen LogP contribution in [-0.4, -0.2) is 37.0 Å². The highest BCUT2D eigenvalue weighted by Crippen LogP contribution is 2.27. The van der Waals surface area contributed by atoms with Gasteiger partial charge in [-0.2, -0.15) is 0 Å². The van der Waals surface area contributed by atoms with Gasteiger partial charge in [-0.25, -0.2) is 12.7 Å². The molecule has 1 fully saturated rings. The molecule has 1 aromatic carbocycles. The van der Waals surface area contributed by atoms with E-state index in [2.05, 4.69) is 0 Å². The van der Waals surface area contributed by atoms with Crippen LogP contribution < -0.4 is 0 Å². The predicted octanol–water partition coefficient (Wildman–Crippen LogP) is 2.53. The fourth-order valence-corrected chi connectivity index (χ4v) is 4.24. The Kier molecular flexibility index (Phi) is 4.97. The average Bonchev–Trinajstić information content (AvgIpc) is 2.84. The number of hydrogen-bond donors (Lipinski definition) is 1. The van der Waals surface area contributed by atoms with Gasteiger partial charge < -0.3 is 5.11 Å². The molecule has 1 saturated heterocycles. The maximum atomic E-state index is 12.3. The Morgan fingerprint density at radius 2 is 2.10 bits per heavy atom. The number of hydrogen-bond acceptors (Lipinski definition) is 3. The van der Waals surface area contributed by atoms with Crippen molar-refractivity contribution in [2.24, 2.45) is 5.92 Å². The lowest BCUT2D eigenvalue weighted by molar-refractivity contribution is 0.133. The Hall–Kier alpha value is -0.330. The summed E-state index contributed by atoms with van der Waals surface area (Å²) >= 11 is 11.7. The Labute approximate surface area is 129 Å². The quantitative estimate of drug-likeness (QED) is 0.918. The van der Waals surface area contributed by atoms with Crippen LogP contribution in [0.1, 0.15) is 18.9 Å². The molecule has 1 heterocycles. The van der Waals surface area contributed by atoms with E-state index in [1.807, 2.05) is 0 Å². The van der Waals surface area contributed by atoms with E-state index in [0.29, 0.717) is 35.1 Å². The normalized spacial score (nSPS) is 22.1. The van der Waals surface area contributed by atoms with Crippen molar-refractivity contribution in [1.82, 2.24) is 4.31 Å². The molecule has 2 rings (SSSR count). The van der Waals surface area contributed by atoms with Crippen LogP contribution in [0.4, 0.5) is 0 Å². The van der Waals surface area contributed by atoms with Gasteiger partial charge in [0.2, 0.25) is 10.0 Å². The molecule has 1 aliphatic rings. The summed E-state index contributed by atoms with van der Waals surface area (Å²) < 4.78 is 26.1. The zero-order chi connectivity index (χ0) is 14.9. The van der Waals surface area contributed by atoms with Crippen molar-refractivity contribution in [3.8, 4) is 0 Å². The fourth-order valence-electron chi connectivity index (χ4n) is 2.33. The lowest BCUT2D eigenvalue weighted by Gasteiger charge is -2.17. The Morgan fingerprint density at radius 3 is 2.65 bits per heavy atom. The van der Waals surface area contributed by atoms with Crippen molar-refractivity contribution in [2.75, 3.05) is 13.1 Å². The third kappa shape index (κ3) is 3.65. The van der Waals surface area contributed by atoms with E-state index in [9.17, 15) is 13.5 Å². The van der Waals surface area contributed by atoms with Crippen molar-refractivity contribution in [1.29, 1.82) is 0 Å². The minimum absolute atomic E-state index is 0.0126. The molecular weight excluding hydrogens is 321 g/mol. The second-order valence-corrected chi connectivity index (χ2v) is 7.94. The number of aliphatic hydroxyl groups is 1. The predicted molar refractivity (Wildman–Crippen MR) is 80.4 cm³/mol. The van der Waals surface area contributed by atoms with Crippen molar-refractivity contribution >= 4 is 33.2 Å². The monoisotopic (exact) mass is 337 g/mol. The summed E-state index contributed by atoms with van der Waals surface area (Å²) in [6.07, 6.45) is 0.207. The van der Waals surface area contributed by atoms with E-state index in [4.69, 9.17) is 23.2 Å². The van der Waals surface area contributed by atoms with Crippen molar-refractivity contribution in [2.45, 2.75) is 25.2 Å². The number of aliphatic hydroxyl groups excluding tert-OH is 1. The molecule has 0 aliphatic carbocycles. The van der Waals surface area contributed by atoms with Crippen LogP contribution in [0.25, 0.3) is 0 Å². The number of nitrogens with zero attached hydrogens (tertiary/aromatic N) is 1. The van der Waals surface area contributed by atoms with Crippen LogP contribution in [0.5, 0.6) is 0 Å². The molecule has 1 N–H and O–H groups in total. The van der Waals surface area contributed by atoms with Gasteiger partial charge >= 0.3 is 0 Å². The number of sulfonamides is 1. The summed E-state index contributed by atoms with van der Waals surface area (Å²) in [6, 6.07) is 4.83. The average molecular weight is 338 g/mol. The SMILES string of the molecule is CC(O)C1CCN(S(=O)(=O)Cc2ccc(Cl)c(Cl)c2)C1. The minimum atomic E-state index is -3.39. The van der Waals surface area contributed by atoms with Crippen LogP contribution in [0.15, 0.2) is 18.2 Å². The van der Waals surface area contributed by atoms with Crippen LogP contribution in [0, 0.1) is 5.92 Å². The molecule has 0 radical (unpaired) electrons. The first-order valence-electron chi connectivity index (χ1n) is 6.39. The first-order valence-corrected chi connectivity index (χ1v) is 8.76. The highest BCUT2D eigenvalue weighted by atomic mass is 35.5. The van der Waals surface area contributed by atoms with Crippen LogP contribution >= 0.6 is 23.2 Å². The highest BCUT2D eigenvalue weighted by molar-refractivity contribution is 7.88. The molecule has 0 spiro atoms. The van der Waals surface area contributed by atoms with Gasteiger partial charge in [-0.15, -0.1) is 0 Å². The molecule has 7 heteroatoms. The standard InChI is InChI=1S/C13H17Cl2NO3S/c1-9(17)11-4-5-16(7-11)20(18,19)8-10-2-3-12(14)13(15)6-10/h2-3,6,9,11,17H,4-5,7-8H2,1H3. The van der Waals surface area contributed by atoms with E-state index in [-0.39, 0.29) is 11.7 Å². The molecule has 20 heavy (non-hydrogen) atoms. The third-order valence-electron chi connectivity index (χ3n) is 3.60. The zero-order valence-corrected chi connectivity index (χ0v) is 13.4. The van der Waals surface area contributed by atoms with Gasteiger partial charge in [0.1, 0.15) is 0 Å². The molecule has 0 saturated carbocycles. The highest BCUT2D eigenvalue weighted by Gasteiger charge is 2.33. The summed E-state index contributed by atoms with van der Waals surface area (Å²) in [4.78, 5) is 0. The van der Waals surface area contributed by atoms with Crippen molar-refractivity contribution in [3.63, 3.8) is 0 Å². The Morgan fingerprint density at radius 1 is 1.40 bits per heavy atom. The largest absolute Gasteiger partial charge is 0.393 e. The van der Waals surface area contributed by atoms with Gasteiger partial charge in [0, 0.05) is 13.1 Å². The van der Waals surface area contributed by atoms with E-state index in [0.717, 1.165) is 0 Å². The van der Waals surface area contributed by atoms with Crippen LogP contribution in [0.3, 0.4) is 0 Å². The third-order valence-corrected chi connectivity index (χ3v) is 6.15. The topological polar surface area (TPSA) is 57.6 Å². The molecule has 1 aromatic rings. The molecule has 2 atom stereocenters. The van der Waals surface area contributed by atoms with Crippen LogP contribution in [0.2, 0.25) is 10.0 Å². The minimum Gasteiger partial charge on any atom is -0.393 e. The summed E-state index contributed by atoms with van der Waals surface area (Å²) in [5, 5.41) is 10.3. The molecule has 0 aromatic heterocycles. The summed E-state index contributed by atoms with van der Waals surface area (Å²) in [7, 11) is -3.39. The molecule has 112 valence electrons. The molecule has 2 unspecified atom stereocenters. The molecule has 0 bridgehead atoms. The summed E-state index contributed by atoms with van der Waals surface area (Å²) in [6.45, 7) is 2.53. The maximum absolute atomic E-state index is 12.3. The van der Waals surface area contributed by atoms with Crippen LogP contribution in [-0.2, 0) is 15.8 Å². The van der Waals surface area contributed by atoms with E-state index < -0.39 is 16.1 Å². The molecule has 0 amide bonds. The van der Waals surface area contributed by atoms with Gasteiger partial charge in [-0.1, -0.05) is 29.3 Å². The fraction of sp³-hybridized carbons (Fsp3) is 0.538.